The first-order valence-corrected chi connectivity index (χ1v) is 6.05. The van der Waals surface area contributed by atoms with Crippen molar-refractivity contribution in [3.8, 4) is 11.8 Å². The zero-order valence-electron chi connectivity index (χ0n) is 10.0. The number of aliphatic hydroxyl groups excluding tert-OH is 1. The average molecular weight is 257 g/mol. The summed E-state index contributed by atoms with van der Waals surface area (Å²) in [5.74, 6) is 5.74. The van der Waals surface area contributed by atoms with Gasteiger partial charge < -0.3 is 5.11 Å². The van der Waals surface area contributed by atoms with Gasteiger partial charge in [0.2, 0.25) is 0 Å². The molecule has 1 atom stereocenters. The lowest BCUT2D eigenvalue weighted by Crippen LogP contribution is -1.94. The van der Waals surface area contributed by atoms with Crippen LogP contribution in [0.1, 0.15) is 22.8 Å². The van der Waals surface area contributed by atoms with E-state index in [1.807, 2.05) is 43.3 Å². The van der Waals surface area contributed by atoms with Gasteiger partial charge in [0.05, 0.1) is 0 Å². The van der Waals surface area contributed by atoms with Gasteiger partial charge >= 0.3 is 0 Å². The van der Waals surface area contributed by atoms with E-state index in [0.717, 1.165) is 5.56 Å². The van der Waals surface area contributed by atoms with Gasteiger partial charge in [0.25, 0.3) is 0 Å². The molecule has 0 saturated carbocycles. The molecule has 0 spiro atoms. The fourth-order valence-electron chi connectivity index (χ4n) is 1.56. The van der Waals surface area contributed by atoms with Gasteiger partial charge in [0, 0.05) is 16.1 Å². The number of hydrogen-bond acceptors (Lipinski definition) is 1. The van der Waals surface area contributed by atoms with Crippen LogP contribution in [0, 0.1) is 18.8 Å². The lowest BCUT2D eigenvalue weighted by atomic mass is 10.1. The zero-order valence-corrected chi connectivity index (χ0v) is 10.8. The summed E-state index contributed by atoms with van der Waals surface area (Å²) in [6.45, 7) is 2.02. The van der Waals surface area contributed by atoms with Gasteiger partial charge in [-0.15, -0.1) is 0 Å². The van der Waals surface area contributed by atoms with Crippen molar-refractivity contribution in [3.63, 3.8) is 0 Å². The van der Waals surface area contributed by atoms with Gasteiger partial charge in [-0.25, -0.2) is 0 Å². The first-order chi connectivity index (χ1) is 8.66. The normalized spacial score (nSPS) is 11.5. The minimum absolute atomic E-state index is 0.531. The molecule has 0 aromatic heterocycles. The number of aryl methyl sites for hydroxylation is 1. The molecular formula is C16H13ClO. The fourth-order valence-corrected chi connectivity index (χ4v) is 1.80. The predicted molar refractivity (Wildman–Crippen MR) is 74.5 cm³/mol. The Bertz CT molecular complexity index is 590. The molecule has 2 rings (SSSR count). The molecule has 0 heterocycles. The summed E-state index contributed by atoms with van der Waals surface area (Å²) in [6, 6.07) is 15.0. The van der Waals surface area contributed by atoms with E-state index >= 15 is 0 Å². The number of benzene rings is 2. The smallest absolute Gasteiger partial charge is 0.142 e. The Morgan fingerprint density at radius 3 is 2.39 bits per heavy atom. The third-order valence-electron chi connectivity index (χ3n) is 2.60. The van der Waals surface area contributed by atoms with E-state index in [1.165, 1.54) is 5.56 Å². The van der Waals surface area contributed by atoms with Crippen LogP contribution in [0.4, 0.5) is 0 Å². The predicted octanol–water partition coefficient (Wildman–Crippen LogP) is 3.73. The van der Waals surface area contributed by atoms with Crippen molar-refractivity contribution in [2.75, 3.05) is 0 Å². The molecule has 1 N–H and O–H groups in total. The van der Waals surface area contributed by atoms with Crippen LogP contribution in [0.3, 0.4) is 0 Å². The van der Waals surface area contributed by atoms with E-state index in [2.05, 4.69) is 11.8 Å². The quantitative estimate of drug-likeness (QED) is 0.771. The van der Waals surface area contributed by atoms with Crippen LogP contribution in [0.2, 0.25) is 5.02 Å². The molecule has 0 radical (unpaired) electrons. The van der Waals surface area contributed by atoms with Crippen LogP contribution in [-0.2, 0) is 0 Å². The highest BCUT2D eigenvalue weighted by atomic mass is 35.5. The molecule has 1 nitrogen and oxygen atoms in total. The largest absolute Gasteiger partial charge is 0.376 e. The molecule has 0 aliphatic rings. The van der Waals surface area contributed by atoms with Crippen molar-refractivity contribution in [1.29, 1.82) is 0 Å². The molecule has 0 amide bonds. The highest BCUT2D eigenvalue weighted by Crippen LogP contribution is 2.21. The van der Waals surface area contributed by atoms with E-state index < -0.39 is 6.10 Å². The summed E-state index contributed by atoms with van der Waals surface area (Å²) in [5.41, 5.74) is 2.71. The van der Waals surface area contributed by atoms with Crippen molar-refractivity contribution >= 4 is 11.6 Å². The maximum absolute atomic E-state index is 9.96. The molecule has 0 saturated heterocycles. The first kappa shape index (κ1) is 12.7. The summed E-state index contributed by atoms with van der Waals surface area (Å²) in [7, 11) is 0. The van der Waals surface area contributed by atoms with E-state index in [-0.39, 0.29) is 0 Å². The van der Waals surface area contributed by atoms with Crippen molar-refractivity contribution in [2.24, 2.45) is 0 Å². The Hall–Kier alpha value is -1.75. The minimum Gasteiger partial charge on any atom is -0.376 e. The zero-order chi connectivity index (χ0) is 13.0. The summed E-state index contributed by atoms with van der Waals surface area (Å²) < 4.78 is 0. The minimum atomic E-state index is -0.861. The van der Waals surface area contributed by atoms with Crippen molar-refractivity contribution in [1.82, 2.24) is 0 Å². The van der Waals surface area contributed by atoms with Gasteiger partial charge in [-0.2, -0.15) is 0 Å². The van der Waals surface area contributed by atoms with Gasteiger partial charge in [0.1, 0.15) is 6.10 Å². The Labute approximate surface area is 112 Å². The molecule has 0 bridgehead atoms. The molecule has 2 heteroatoms. The SMILES string of the molecule is Cc1ccc(C#C[C@H](O)c2ccccc2Cl)cc1. The molecule has 0 aliphatic heterocycles. The Kier molecular flexibility index (Phi) is 4.04. The summed E-state index contributed by atoms with van der Waals surface area (Å²) in [5, 5.41) is 10.5. The molecule has 0 fully saturated rings. The van der Waals surface area contributed by atoms with Crippen molar-refractivity contribution in [3.05, 3.63) is 70.2 Å². The molecular weight excluding hydrogens is 244 g/mol. The van der Waals surface area contributed by atoms with Crippen molar-refractivity contribution < 1.29 is 5.11 Å². The molecule has 2 aromatic carbocycles. The highest BCUT2D eigenvalue weighted by molar-refractivity contribution is 6.31. The van der Waals surface area contributed by atoms with E-state index in [1.54, 1.807) is 12.1 Å². The molecule has 90 valence electrons. The number of aliphatic hydroxyl groups is 1. The van der Waals surface area contributed by atoms with Crippen LogP contribution >= 0.6 is 11.6 Å². The third kappa shape index (κ3) is 3.13. The third-order valence-corrected chi connectivity index (χ3v) is 2.95. The summed E-state index contributed by atoms with van der Waals surface area (Å²) in [6.07, 6.45) is -0.861. The molecule has 2 aromatic rings. The maximum Gasteiger partial charge on any atom is 0.142 e. The van der Waals surface area contributed by atoms with Crippen LogP contribution in [-0.4, -0.2) is 5.11 Å². The monoisotopic (exact) mass is 256 g/mol. The van der Waals surface area contributed by atoms with Gasteiger partial charge in [-0.3, -0.25) is 0 Å². The fraction of sp³-hybridized carbons (Fsp3) is 0.125. The molecule has 0 unspecified atom stereocenters. The number of halogens is 1. The van der Waals surface area contributed by atoms with Crippen LogP contribution in [0.25, 0.3) is 0 Å². The van der Waals surface area contributed by atoms with Crippen LogP contribution < -0.4 is 0 Å². The summed E-state index contributed by atoms with van der Waals surface area (Å²) in [4.78, 5) is 0. The summed E-state index contributed by atoms with van der Waals surface area (Å²) >= 11 is 5.99. The topological polar surface area (TPSA) is 20.2 Å². The lowest BCUT2D eigenvalue weighted by molar-refractivity contribution is 0.238. The van der Waals surface area contributed by atoms with E-state index in [9.17, 15) is 5.11 Å². The second-order valence-electron chi connectivity index (χ2n) is 4.06. The Morgan fingerprint density at radius 2 is 1.72 bits per heavy atom. The van der Waals surface area contributed by atoms with Crippen LogP contribution in [0.5, 0.6) is 0 Å². The van der Waals surface area contributed by atoms with Gasteiger partial charge in [-0.1, -0.05) is 59.3 Å². The highest BCUT2D eigenvalue weighted by Gasteiger charge is 2.06. The van der Waals surface area contributed by atoms with E-state index in [4.69, 9.17) is 11.6 Å². The second-order valence-corrected chi connectivity index (χ2v) is 4.47. The lowest BCUT2D eigenvalue weighted by Gasteiger charge is -2.05. The second kappa shape index (κ2) is 5.73. The molecule has 18 heavy (non-hydrogen) atoms. The average Bonchev–Trinajstić information content (AvgIpc) is 2.38. The standard InChI is InChI=1S/C16H13ClO/c1-12-6-8-13(9-7-12)10-11-16(18)14-4-2-3-5-15(14)17/h2-9,16,18H,1H3/t16-/m0/s1. The maximum atomic E-state index is 9.96. The van der Waals surface area contributed by atoms with Crippen molar-refractivity contribution in [2.45, 2.75) is 13.0 Å². The van der Waals surface area contributed by atoms with Crippen LogP contribution in [0.15, 0.2) is 48.5 Å². The number of rotatable bonds is 1. The van der Waals surface area contributed by atoms with Gasteiger partial charge in [0.15, 0.2) is 0 Å². The Balaban J connectivity index is 2.20. The molecule has 0 aliphatic carbocycles. The first-order valence-electron chi connectivity index (χ1n) is 5.67. The Morgan fingerprint density at radius 1 is 1.06 bits per heavy atom. The van der Waals surface area contributed by atoms with Gasteiger partial charge in [-0.05, 0) is 25.1 Å². The van der Waals surface area contributed by atoms with E-state index in [0.29, 0.717) is 10.6 Å². The number of hydrogen-bond donors (Lipinski definition) is 1.